The molecule has 0 aromatic heterocycles. The number of anilines is 1. The smallest absolute Gasteiger partial charge is 0.416 e. The summed E-state index contributed by atoms with van der Waals surface area (Å²) in [4.78, 5) is 12.5. The van der Waals surface area contributed by atoms with Crippen LogP contribution in [0.2, 0.25) is 0 Å². The number of aryl methyl sites for hydroxylation is 2. The second-order valence-corrected chi connectivity index (χ2v) is 7.82. The van der Waals surface area contributed by atoms with Gasteiger partial charge in [0.1, 0.15) is 18.2 Å². The Bertz CT molecular complexity index is 1310. The van der Waals surface area contributed by atoms with Gasteiger partial charge in [0.15, 0.2) is 11.5 Å². The summed E-state index contributed by atoms with van der Waals surface area (Å²) in [6, 6.07) is 16.9. The Morgan fingerprint density at radius 2 is 1.80 bits per heavy atom. The molecule has 3 rings (SSSR count). The molecule has 0 aliphatic carbocycles. The van der Waals surface area contributed by atoms with Crippen molar-refractivity contribution in [3.63, 3.8) is 0 Å². The summed E-state index contributed by atoms with van der Waals surface area (Å²) >= 11 is 0. The zero-order chi connectivity index (χ0) is 25.6. The highest BCUT2D eigenvalue weighted by atomic mass is 19.4. The first-order valence-electron chi connectivity index (χ1n) is 10.6. The van der Waals surface area contributed by atoms with E-state index in [0.29, 0.717) is 23.7 Å². The Labute approximate surface area is 201 Å². The summed E-state index contributed by atoms with van der Waals surface area (Å²) in [6.45, 7) is 4.39. The normalized spacial score (nSPS) is 11.5. The molecule has 180 valence electrons. The molecule has 0 aliphatic rings. The summed E-state index contributed by atoms with van der Waals surface area (Å²) in [7, 11) is 1.47. The van der Waals surface area contributed by atoms with Gasteiger partial charge in [-0.15, -0.1) is 0 Å². The van der Waals surface area contributed by atoms with Crippen LogP contribution in [0.25, 0.3) is 6.08 Å². The van der Waals surface area contributed by atoms with Crippen molar-refractivity contribution >= 4 is 17.7 Å². The number of amides is 1. The number of hydrogen-bond donors (Lipinski definition) is 1. The lowest BCUT2D eigenvalue weighted by atomic mass is 10.1. The lowest BCUT2D eigenvalue weighted by molar-refractivity contribution is -0.137. The average Bonchev–Trinajstić information content (AvgIpc) is 2.83. The lowest BCUT2D eigenvalue weighted by Gasteiger charge is -2.12. The molecular weight excluding hydrogens is 457 g/mol. The maximum atomic E-state index is 12.9. The molecule has 0 spiro atoms. The van der Waals surface area contributed by atoms with Crippen molar-refractivity contribution in [2.45, 2.75) is 26.6 Å². The fourth-order valence-corrected chi connectivity index (χ4v) is 3.23. The number of nitrogens with zero attached hydrogens (tertiary/aromatic N) is 1. The monoisotopic (exact) mass is 480 g/mol. The highest BCUT2D eigenvalue weighted by Crippen LogP contribution is 2.31. The fourth-order valence-electron chi connectivity index (χ4n) is 3.23. The number of halogens is 3. The predicted molar refractivity (Wildman–Crippen MR) is 127 cm³/mol. The van der Waals surface area contributed by atoms with Crippen LogP contribution in [0.1, 0.15) is 27.8 Å². The Morgan fingerprint density at radius 3 is 2.46 bits per heavy atom. The average molecular weight is 480 g/mol. The lowest BCUT2D eigenvalue weighted by Crippen LogP contribution is -2.14. The highest BCUT2D eigenvalue weighted by Gasteiger charge is 2.30. The molecule has 1 amide bonds. The van der Waals surface area contributed by atoms with Crippen LogP contribution in [0, 0.1) is 25.2 Å². The van der Waals surface area contributed by atoms with Gasteiger partial charge in [-0.3, -0.25) is 4.79 Å². The summed E-state index contributed by atoms with van der Waals surface area (Å²) < 4.78 is 50.0. The van der Waals surface area contributed by atoms with Crippen LogP contribution < -0.4 is 14.8 Å². The number of methoxy groups -OCH3 is 1. The third-order valence-electron chi connectivity index (χ3n) is 5.28. The highest BCUT2D eigenvalue weighted by molar-refractivity contribution is 6.09. The minimum absolute atomic E-state index is 0.0707. The van der Waals surface area contributed by atoms with Crippen LogP contribution >= 0.6 is 0 Å². The number of carbonyl (C=O) groups is 1. The molecule has 3 aromatic carbocycles. The van der Waals surface area contributed by atoms with Crippen LogP contribution in [0.4, 0.5) is 18.9 Å². The number of alkyl halides is 3. The molecule has 0 heterocycles. The predicted octanol–water partition coefficient (Wildman–Crippen LogP) is 6.46. The molecule has 0 aliphatic heterocycles. The molecule has 0 saturated heterocycles. The van der Waals surface area contributed by atoms with Gasteiger partial charge < -0.3 is 14.8 Å². The van der Waals surface area contributed by atoms with Gasteiger partial charge in [-0.25, -0.2) is 0 Å². The maximum absolute atomic E-state index is 12.9. The number of benzene rings is 3. The number of nitriles is 1. The Balaban J connectivity index is 1.76. The van der Waals surface area contributed by atoms with E-state index in [2.05, 4.69) is 5.32 Å². The van der Waals surface area contributed by atoms with Gasteiger partial charge in [0.2, 0.25) is 0 Å². The van der Waals surface area contributed by atoms with Gasteiger partial charge >= 0.3 is 6.18 Å². The number of rotatable bonds is 7. The summed E-state index contributed by atoms with van der Waals surface area (Å²) in [6.07, 6.45) is -3.23. The third-order valence-corrected chi connectivity index (χ3v) is 5.28. The molecule has 0 unspecified atom stereocenters. The zero-order valence-corrected chi connectivity index (χ0v) is 19.4. The standard InChI is InChI=1S/C27H23F3N2O3/c1-17-7-8-20(11-18(17)2)16-35-24-10-9-19(13-25(24)34-3)12-21(15-31)26(33)32-23-6-4-5-22(14-23)27(28,29)30/h4-14H,16H2,1-3H3,(H,32,33)/b21-12+. The van der Waals surface area contributed by atoms with E-state index in [-0.39, 0.29) is 11.3 Å². The number of nitrogens with one attached hydrogen (secondary N) is 1. The van der Waals surface area contributed by atoms with Gasteiger partial charge in [0.05, 0.1) is 12.7 Å². The van der Waals surface area contributed by atoms with Gasteiger partial charge in [0, 0.05) is 5.69 Å². The van der Waals surface area contributed by atoms with E-state index >= 15 is 0 Å². The van der Waals surface area contributed by atoms with Crippen molar-refractivity contribution in [1.82, 2.24) is 0 Å². The van der Waals surface area contributed by atoms with E-state index in [9.17, 15) is 23.2 Å². The third kappa shape index (κ3) is 6.64. The number of hydrogen-bond acceptors (Lipinski definition) is 4. The van der Waals surface area contributed by atoms with Gasteiger partial charge in [-0.1, -0.05) is 30.3 Å². The Kier molecular flexibility index (Phi) is 7.82. The maximum Gasteiger partial charge on any atom is 0.416 e. The first-order valence-corrected chi connectivity index (χ1v) is 10.6. The molecule has 0 saturated carbocycles. The van der Waals surface area contributed by atoms with Crippen molar-refractivity contribution < 1.29 is 27.4 Å². The van der Waals surface area contributed by atoms with Crippen molar-refractivity contribution in [3.05, 3.63) is 94.1 Å². The minimum Gasteiger partial charge on any atom is -0.493 e. The minimum atomic E-state index is -4.55. The molecule has 3 aromatic rings. The van der Waals surface area contributed by atoms with Crippen LogP contribution in [0.15, 0.2) is 66.2 Å². The topological polar surface area (TPSA) is 71.3 Å². The first kappa shape index (κ1) is 25.4. The van der Waals surface area contributed by atoms with E-state index in [4.69, 9.17) is 9.47 Å². The molecule has 5 nitrogen and oxygen atoms in total. The molecule has 35 heavy (non-hydrogen) atoms. The number of ether oxygens (including phenoxy) is 2. The molecule has 1 N–H and O–H groups in total. The molecule has 8 heteroatoms. The first-order chi connectivity index (χ1) is 16.6. The summed E-state index contributed by atoms with van der Waals surface area (Å²) in [5.74, 6) is 0.0498. The van der Waals surface area contributed by atoms with E-state index < -0.39 is 17.6 Å². The van der Waals surface area contributed by atoms with E-state index in [1.54, 1.807) is 24.3 Å². The van der Waals surface area contributed by atoms with Gasteiger partial charge in [-0.2, -0.15) is 18.4 Å². The Morgan fingerprint density at radius 1 is 1.03 bits per heavy atom. The van der Waals surface area contributed by atoms with Crippen molar-refractivity contribution in [2.75, 3.05) is 12.4 Å². The van der Waals surface area contributed by atoms with Crippen molar-refractivity contribution in [1.29, 1.82) is 5.26 Å². The summed E-state index contributed by atoms with van der Waals surface area (Å²) in [5, 5.41) is 11.8. The van der Waals surface area contributed by atoms with Crippen LogP contribution in [-0.2, 0) is 17.6 Å². The zero-order valence-electron chi connectivity index (χ0n) is 19.4. The van der Waals surface area contributed by atoms with Crippen LogP contribution in [0.5, 0.6) is 11.5 Å². The van der Waals surface area contributed by atoms with Gasteiger partial charge in [-0.05, 0) is 72.5 Å². The fraction of sp³-hybridized carbons (Fsp3) is 0.185. The van der Waals surface area contributed by atoms with Crippen molar-refractivity contribution in [2.24, 2.45) is 0 Å². The van der Waals surface area contributed by atoms with Crippen molar-refractivity contribution in [3.8, 4) is 17.6 Å². The van der Waals surface area contributed by atoms with E-state index in [1.807, 2.05) is 32.0 Å². The van der Waals surface area contributed by atoms with Crippen LogP contribution in [0.3, 0.4) is 0 Å². The molecular formula is C27H23F3N2O3. The molecule has 0 bridgehead atoms. The molecule has 0 radical (unpaired) electrons. The molecule has 0 atom stereocenters. The second kappa shape index (κ2) is 10.8. The second-order valence-electron chi connectivity index (χ2n) is 7.82. The Hall–Kier alpha value is -4.25. The molecule has 0 fully saturated rings. The van der Waals surface area contributed by atoms with E-state index in [0.717, 1.165) is 23.3 Å². The van der Waals surface area contributed by atoms with Crippen LogP contribution in [-0.4, -0.2) is 13.0 Å². The SMILES string of the molecule is COc1cc(/C=C(\C#N)C(=O)Nc2cccc(C(F)(F)F)c2)ccc1OCc1ccc(C)c(C)c1. The number of carbonyl (C=O) groups excluding carboxylic acids is 1. The largest absolute Gasteiger partial charge is 0.493 e. The quantitative estimate of drug-likeness (QED) is 0.311. The van der Waals surface area contributed by atoms with Gasteiger partial charge in [0.25, 0.3) is 5.91 Å². The van der Waals surface area contributed by atoms with E-state index in [1.165, 1.54) is 30.9 Å². The summed E-state index contributed by atoms with van der Waals surface area (Å²) in [5.41, 5.74) is 2.57.